The maximum Gasteiger partial charge on any atom is 0.252 e. The van der Waals surface area contributed by atoms with E-state index in [-0.39, 0.29) is 12.3 Å². The molecular weight excluding hydrogens is 372 g/mol. The fraction of sp³-hybridized carbons (Fsp3) is 0.389. The van der Waals surface area contributed by atoms with Gasteiger partial charge < -0.3 is 10.1 Å². The minimum atomic E-state index is -3.45. The maximum atomic E-state index is 12.5. The number of sulfonamides is 1. The van der Waals surface area contributed by atoms with E-state index in [1.54, 1.807) is 19.2 Å². The van der Waals surface area contributed by atoms with Crippen LogP contribution in [-0.4, -0.2) is 38.8 Å². The molecule has 0 aliphatic carbocycles. The van der Waals surface area contributed by atoms with Gasteiger partial charge in [-0.05, 0) is 18.2 Å². The molecule has 2 aromatic rings. The van der Waals surface area contributed by atoms with Crippen LogP contribution in [0.5, 0.6) is 5.75 Å². The minimum Gasteiger partial charge on any atom is -0.496 e. The largest absolute Gasteiger partial charge is 0.496 e. The van der Waals surface area contributed by atoms with Crippen molar-refractivity contribution in [2.45, 2.75) is 31.0 Å². The number of benzene rings is 1. The average Bonchev–Trinajstić information content (AvgIpc) is 3.11. The van der Waals surface area contributed by atoms with Gasteiger partial charge in [0, 0.05) is 23.5 Å². The van der Waals surface area contributed by atoms with Gasteiger partial charge in [-0.25, -0.2) is 8.42 Å². The van der Waals surface area contributed by atoms with E-state index in [2.05, 4.69) is 5.32 Å². The molecule has 2 rings (SSSR count). The highest BCUT2D eigenvalue weighted by Gasteiger charge is 2.23. The Balaban J connectivity index is 1.98. The zero-order valence-electron chi connectivity index (χ0n) is 15.2. The number of nitrogens with one attached hydrogen (secondary N) is 1. The van der Waals surface area contributed by atoms with E-state index in [1.165, 1.54) is 15.6 Å². The van der Waals surface area contributed by atoms with Crippen LogP contribution in [0, 0.1) is 0 Å². The lowest BCUT2D eigenvalue weighted by atomic mass is 10.1. The molecule has 0 aliphatic rings. The van der Waals surface area contributed by atoms with Gasteiger partial charge in [0.1, 0.15) is 9.96 Å². The van der Waals surface area contributed by atoms with E-state index in [0.29, 0.717) is 29.6 Å². The van der Waals surface area contributed by atoms with Crippen LogP contribution < -0.4 is 10.1 Å². The van der Waals surface area contributed by atoms with E-state index >= 15 is 0 Å². The summed E-state index contributed by atoms with van der Waals surface area (Å²) in [5.41, 5.74) is 0.809. The summed E-state index contributed by atoms with van der Waals surface area (Å²) >= 11 is 1.19. The molecule has 0 spiro atoms. The monoisotopic (exact) mass is 396 g/mol. The predicted molar refractivity (Wildman–Crippen MR) is 103 cm³/mol. The number of rotatable bonds is 9. The van der Waals surface area contributed by atoms with Crippen molar-refractivity contribution in [3.05, 3.63) is 46.8 Å². The molecule has 1 aromatic carbocycles. The number of thiophene rings is 1. The van der Waals surface area contributed by atoms with Crippen LogP contribution in [0.15, 0.2) is 40.6 Å². The summed E-state index contributed by atoms with van der Waals surface area (Å²) < 4.78 is 32.0. The highest BCUT2D eigenvalue weighted by atomic mass is 32.2. The van der Waals surface area contributed by atoms with Crippen molar-refractivity contribution < 1.29 is 17.9 Å². The zero-order valence-corrected chi connectivity index (χ0v) is 16.8. The number of ether oxygens (including phenoxy) is 1. The number of carbonyl (C=O) groups excluding carboxylic acids is 1. The van der Waals surface area contributed by atoms with Crippen LogP contribution in [0.1, 0.15) is 24.3 Å². The number of hydrogen-bond donors (Lipinski definition) is 1. The molecular formula is C18H24N2O4S2. The lowest BCUT2D eigenvalue weighted by Crippen LogP contribution is -2.30. The first-order valence-corrected chi connectivity index (χ1v) is 10.7. The molecule has 0 fully saturated rings. The van der Waals surface area contributed by atoms with Crippen molar-refractivity contribution in [2.24, 2.45) is 0 Å². The van der Waals surface area contributed by atoms with Crippen LogP contribution in [0.2, 0.25) is 0 Å². The third kappa shape index (κ3) is 4.84. The molecule has 1 N–H and O–H groups in total. The van der Waals surface area contributed by atoms with Crippen molar-refractivity contribution in [1.82, 2.24) is 9.62 Å². The van der Waals surface area contributed by atoms with Crippen molar-refractivity contribution in [3.8, 4) is 5.75 Å². The second-order valence-corrected chi connectivity index (χ2v) is 8.91. The summed E-state index contributed by atoms with van der Waals surface area (Å²) in [6, 6.07) is 10.7. The van der Waals surface area contributed by atoms with Crippen molar-refractivity contribution in [3.63, 3.8) is 0 Å². The van der Waals surface area contributed by atoms with E-state index in [0.717, 1.165) is 10.4 Å². The Morgan fingerprint density at radius 3 is 2.50 bits per heavy atom. The second-order valence-electron chi connectivity index (χ2n) is 5.58. The van der Waals surface area contributed by atoms with Gasteiger partial charge in [-0.15, -0.1) is 11.3 Å². The van der Waals surface area contributed by atoms with Gasteiger partial charge in [0.2, 0.25) is 5.91 Å². The number of para-hydroxylation sites is 1. The van der Waals surface area contributed by atoms with E-state index in [9.17, 15) is 13.2 Å². The molecule has 6 nitrogen and oxygen atoms in total. The van der Waals surface area contributed by atoms with Crippen LogP contribution in [0.3, 0.4) is 0 Å². The number of hydrogen-bond acceptors (Lipinski definition) is 5. The van der Waals surface area contributed by atoms with Gasteiger partial charge >= 0.3 is 0 Å². The molecule has 0 saturated heterocycles. The molecule has 1 aromatic heterocycles. The Labute approximate surface area is 158 Å². The summed E-state index contributed by atoms with van der Waals surface area (Å²) in [6.45, 7) is 4.79. The predicted octanol–water partition coefficient (Wildman–Crippen LogP) is 2.65. The quantitative estimate of drug-likeness (QED) is 0.707. The number of methoxy groups -OCH3 is 1. The number of carbonyl (C=O) groups is 1. The molecule has 26 heavy (non-hydrogen) atoms. The Bertz CT molecular complexity index is 842. The molecule has 0 unspecified atom stereocenters. The SMILES string of the molecule is CCN(CC)S(=O)(=O)c1ccc(CNC(=O)Cc2ccccc2OC)s1. The average molecular weight is 397 g/mol. The molecule has 1 heterocycles. The summed E-state index contributed by atoms with van der Waals surface area (Å²) in [5.74, 6) is 0.530. The topological polar surface area (TPSA) is 75.7 Å². The van der Waals surface area contributed by atoms with Gasteiger partial charge in [0.25, 0.3) is 10.0 Å². The van der Waals surface area contributed by atoms with Crippen molar-refractivity contribution in [1.29, 1.82) is 0 Å². The molecule has 0 atom stereocenters. The second kappa shape index (κ2) is 9.16. The van der Waals surface area contributed by atoms with Crippen molar-refractivity contribution >= 4 is 27.3 Å². The van der Waals surface area contributed by atoms with Crippen LogP contribution in [0.4, 0.5) is 0 Å². The number of nitrogens with zero attached hydrogens (tertiary/aromatic N) is 1. The highest BCUT2D eigenvalue weighted by Crippen LogP contribution is 2.25. The van der Waals surface area contributed by atoms with Gasteiger partial charge in [-0.2, -0.15) is 4.31 Å². The molecule has 1 amide bonds. The summed E-state index contributed by atoms with van der Waals surface area (Å²) in [5, 5.41) is 2.83. The molecule has 8 heteroatoms. The summed E-state index contributed by atoms with van der Waals surface area (Å²) in [4.78, 5) is 13.0. The maximum absolute atomic E-state index is 12.5. The zero-order chi connectivity index (χ0) is 19.2. The van der Waals surface area contributed by atoms with Crippen LogP contribution >= 0.6 is 11.3 Å². The lowest BCUT2D eigenvalue weighted by molar-refractivity contribution is -0.120. The molecule has 0 aliphatic heterocycles. The van der Waals surface area contributed by atoms with E-state index in [4.69, 9.17) is 4.74 Å². The molecule has 0 radical (unpaired) electrons. The van der Waals surface area contributed by atoms with Crippen LogP contribution in [-0.2, 0) is 27.8 Å². The van der Waals surface area contributed by atoms with Gasteiger partial charge in [0.05, 0.1) is 20.1 Å². The fourth-order valence-corrected chi connectivity index (χ4v) is 5.46. The van der Waals surface area contributed by atoms with Crippen LogP contribution in [0.25, 0.3) is 0 Å². The Morgan fingerprint density at radius 2 is 1.85 bits per heavy atom. The Kier molecular flexibility index (Phi) is 7.19. The van der Waals surface area contributed by atoms with E-state index < -0.39 is 10.0 Å². The molecule has 0 saturated carbocycles. The van der Waals surface area contributed by atoms with Gasteiger partial charge in [-0.1, -0.05) is 32.0 Å². The molecule has 0 bridgehead atoms. The van der Waals surface area contributed by atoms with Gasteiger partial charge in [0.15, 0.2) is 0 Å². The molecule has 142 valence electrons. The van der Waals surface area contributed by atoms with Gasteiger partial charge in [-0.3, -0.25) is 4.79 Å². The van der Waals surface area contributed by atoms with E-state index in [1.807, 2.05) is 38.1 Å². The fourth-order valence-electron chi connectivity index (χ4n) is 2.55. The first-order chi connectivity index (χ1) is 12.4. The third-order valence-corrected chi connectivity index (χ3v) is 7.54. The summed E-state index contributed by atoms with van der Waals surface area (Å²) in [7, 11) is -1.88. The normalized spacial score (nSPS) is 11.5. The van der Waals surface area contributed by atoms with Crippen molar-refractivity contribution in [2.75, 3.05) is 20.2 Å². The smallest absolute Gasteiger partial charge is 0.252 e. The Hall–Kier alpha value is -1.90. The number of amides is 1. The summed E-state index contributed by atoms with van der Waals surface area (Å²) in [6.07, 6.45) is 0.208. The standard InChI is InChI=1S/C18H24N2O4S2/c1-4-20(5-2)26(22,23)18-11-10-15(25-18)13-19-17(21)12-14-8-6-7-9-16(14)24-3/h6-11H,4-5,12-13H2,1-3H3,(H,19,21). The third-order valence-electron chi connectivity index (χ3n) is 3.94. The highest BCUT2D eigenvalue weighted by molar-refractivity contribution is 7.91. The minimum absolute atomic E-state index is 0.143. The first kappa shape index (κ1) is 20.4. The lowest BCUT2D eigenvalue weighted by Gasteiger charge is -2.16. The first-order valence-electron chi connectivity index (χ1n) is 8.39. The Morgan fingerprint density at radius 1 is 1.15 bits per heavy atom.